The number of aliphatic hydroxyl groups excluding tert-OH is 1. The zero-order chi connectivity index (χ0) is 41.9. The molecule has 3 aliphatic heterocycles. The lowest BCUT2D eigenvalue weighted by Gasteiger charge is -2.42. The van der Waals surface area contributed by atoms with Crippen LogP contribution in [0.2, 0.25) is 0 Å². The van der Waals surface area contributed by atoms with Crippen LogP contribution in [0.5, 0.6) is 0 Å². The monoisotopic (exact) mass is 785 g/mol. The van der Waals surface area contributed by atoms with Crippen molar-refractivity contribution in [3.63, 3.8) is 0 Å². The number of nitrogens with zero attached hydrogens (tertiary/aromatic N) is 1. The summed E-state index contributed by atoms with van der Waals surface area (Å²) < 4.78 is 23.3. The van der Waals surface area contributed by atoms with E-state index in [4.69, 9.17) is 18.9 Å². The van der Waals surface area contributed by atoms with Crippen LogP contribution < -0.4 is 0 Å². The molecule has 2 fully saturated rings. The maximum absolute atomic E-state index is 13.9. The number of fused-ring (bicyclic) bond motifs is 3. The molecule has 12 nitrogen and oxygen atoms in total. The van der Waals surface area contributed by atoms with Gasteiger partial charge in [0.15, 0.2) is 5.78 Å². The van der Waals surface area contributed by atoms with E-state index in [9.17, 15) is 34.2 Å². The summed E-state index contributed by atoms with van der Waals surface area (Å²) in [6.45, 7) is 14.5. The molecule has 2 saturated heterocycles. The van der Waals surface area contributed by atoms with Gasteiger partial charge < -0.3 is 34.1 Å². The molecule has 56 heavy (non-hydrogen) atoms. The molecule has 0 aromatic carbocycles. The van der Waals surface area contributed by atoms with Gasteiger partial charge in [-0.15, -0.1) is 0 Å². The summed E-state index contributed by atoms with van der Waals surface area (Å²) in [5, 5.41) is 23.0. The summed E-state index contributed by atoms with van der Waals surface area (Å²) in [6.07, 6.45) is 10.1. The Hall–Kier alpha value is -3.29. The number of ether oxygens (including phenoxy) is 4. The number of hydrogen-bond donors (Lipinski definition) is 2. The van der Waals surface area contributed by atoms with Crippen molar-refractivity contribution >= 4 is 29.2 Å². The van der Waals surface area contributed by atoms with Crippen LogP contribution in [-0.4, -0.2) is 107 Å². The second-order valence-corrected chi connectivity index (χ2v) is 16.6. The number of carbonyl (C=O) groups excluding carboxylic acids is 5. The fourth-order valence-electron chi connectivity index (χ4n) is 7.83. The van der Waals surface area contributed by atoms with Crippen molar-refractivity contribution < 1.29 is 53.1 Å². The van der Waals surface area contributed by atoms with Gasteiger partial charge in [0.1, 0.15) is 30.1 Å². The van der Waals surface area contributed by atoms with E-state index in [1.165, 1.54) is 12.0 Å². The van der Waals surface area contributed by atoms with Crippen LogP contribution >= 0.6 is 0 Å². The van der Waals surface area contributed by atoms with Gasteiger partial charge in [-0.2, -0.15) is 0 Å². The summed E-state index contributed by atoms with van der Waals surface area (Å²) in [6, 6.07) is -1.08. The average molecular weight is 786 g/mol. The van der Waals surface area contributed by atoms with E-state index in [0.29, 0.717) is 44.1 Å². The van der Waals surface area contributed by atoms with Crippen LogP contribution in [0.1, 0.15) is 107 Å². The minimum Gasteiger partial charge on any atom is -0.460 e. The molecule has 0 aliphatic carbocycles. The summed E-state index contributed by atoms with van der Waals surface area (Å²) in [5.74, 6) is -7.74. The Balaban J connectivity index is 1.98. The van der Waals surface area contributed by atoms with Gasteiger partial charge in [0, 0.05) is 51.4 Å². The summed E-state index contributed by atoms with van der Waals surface area (Å²) in [4.78, 5) is 69.8. The normalized spacial score (nSPS) is 38.9. The minimum absolute atomic E-state index is 0.0401. The molecule has 3 heterocycles. The second kappa shape index (κ2) is 21.5. The number of hydrogen-bond acceptors (Lipinski definition) is 11. The Morgan fingerprint density at radius 1 is 0.893 bits per heavy atom. The molecular formula is C44H67NO11. The number of Topliss-reactive ketones (excluding diaryl/α,β-unsaturated/α-hetero) is 3. The maximum Gasteiger partial charge on any atom is 0.329 e. The van der Waals surface area contributed by atoms with Crippen LogP contribution in [-0.2, 0) is 42.9 Å². The van der Waals surface area contributed by atoms with E-state index >= 15 is 0 Å². The quantitative estimate of drug-likeness (QED) is 0.207. The number of aliphatic hydroxyl groups is 2. The van der Waals surface area contributed by atoms with E-state index in [0.717, 1.165) is 5.57 Å². The van der Waals surface area contributed by atoms with Gasteiger partial charge in [-0.25, -0.2) is 4.79 Å². The second-order valence-electron chi connectivity index (χ2n) is 16.6. The highest BCUT2D eigenvalue weighted by atomic mass is 16.6. The zero-order valence-electron chi connectivity index (χ0n) is 35.2. The van der Waals surface area contributed by atoms with Crippen molar-refractivity contribution in [2.45, 2.75) is 149 Å². The molecule has 3 aliphatic rings. The largest absolute Gasteiger partial charge is 0.460 e. The molecule has 1 amide bonds. The topological polar surface area (TPSA) is 166 Å². The van der Waals surface area contributed by atoms with Gasteiger partial charge in [-0.05, 0) is 75.4 Å². The molecule has 0 aromatic rings. The van der Waals surface area contributed by atoms with Gasteiger partial charge >= 0.3 is 5.97 Å². The van der Waals surface area contributed by atoms with Gasteiger partial charge in [0.05, 0.1) is 12.2 Å². The first-order chi connectivity index (χ1) is 26.4. The first-order valence-corrected chi connectivity index (χ1v) is 20.3. The third-order valence-corrected chi connectivity index (χ3v) is 11.7. The molecule has 0 radical (unpaired) electrons. The number of esters is 1. The van der Waals surface area contributed by atoms with E-state index in [1.807, 2.05) is 65.0 Å². The fraction of sp³-hybridized carbons (Fsp3) is 0.705. The Labute approximate surface area is 333 Å². The highest BCUT2D eigenvalue weighted by molar-refractivity contribution is 6.39. The van der Waals surface area contributed by atoms with Gasteiger partial charge in [-0.1, -0.05) is 78.0 Å². The predicted octanol–water partition coefficient (Wildman–Crippen LogP) is 5.63. The maximum atomic E-state index is 13.9. The average Bonchev–Trinajstić information content (AvgIpc) is 3.16. The lowest BCUT2D eigenvalue weighted by Crippen LogP contribution is -2.61. The molecule has 12 heteroatoms. The first-order valence-electron chi connectivity index (χ1n) is 20.3. The predicted molar refractivity (Wildman–Crippen MR) is 212 cm³/mol. The lowest BCUT2D eigenvalue weighted by atomic mass is 9.85. The zero-order valence-corrected chi connectivity index (χ0v) is 35.2. The number of carbonyl (C=O) groups is 5. The Kier molecular flexibility index (Phi) is 18.0. The molecule has 11 atom stereocenters. The molecule has 2 N–H and O–H groups in total. The number of allylic oxidation sites excluding steroid dienone is 6. The van der Waals surface area contributed by atoms with Crippen LogP contribution in [0, 0.1) is 29.6 Å². The van der Waals surface area contributed by atoms with Crippen molar-refractivity contribution in [3.8, 4) is 0 Å². The third-order valence-electron chi connectivity index (χ3n) is 11.7. The molecule has 0 spiro atoms. The lowest BCUT2D eigenvalue weighted by molar-refractivity contribution is -0.265. The highest BCUT2D eigenvalue weighted by Crippen LogP contribution is 2.36. The van der Waals surface area contributed by atoms with Crippen molar-refractivity contribution in [1.29, 1.82) is 0 Å². The van der Waals surface area contributed by atoms with Crippen molar-refractivity contribution in [2.24, 2.45) is 29.6 Å². The molecule has 2 bridgehead atoms. The first kappa shape index (κ1) is 47.1. The molecule has 3 rings (SSSR count). The molecule has 314 valence electrons. The Morgan fingerprint density at radius 3 is 2.23 bits per heavy atom. The van der Waals surface area contributed by atoms with Crippen LogP contribution in [0.4, 0.5) is 0 Å². The van der Waals surface area contributed by atoms with E-state index in [2.05, 4.69) is 0 Å². The van der Waals surface area contributed by atoms with Crippen molar-refractivity contribution in [2.75, 3.05) is 20.8 Å². The molecular weight excluding hydrogens is 718 g/mol. The minimum atomic E-state index is -2.39. The Morgan fingerprint density at radius 2 is 1.59 bits per heavy atom. The van der Waals surface area contributed by atoms with Gasteiger partial charge in [0.2, 0.25) is 5.79 Å². The van der Waals surface area contributed by atoms with Crippen LogP contribution in [0.25, 0.3) is 0 Å². The number of ketones is 3. The number of amides is 1. The SMILES string of the molecule is COC1CC2CCC(C)C(O)(O2)C(=O)C(=O)N2CCCCC2C(=O)OC(C(C)C)CC(=O)C(C)/C=C(\C)C(O)C(OC)C(=O)C(C)CC(C)/C=C/C=C/C=C\1C. The molecule has 11 unspecified atom stereocenters. The van der Waals surface area contributed by atoms with E-state index < -0.39 is 77.8 Å². The fourth-order valence-corrected chi connectivity index (χ4v) is 7.83. The number of methoxy groups -OCH3 is 2. The van der Waals surface area contributed by atoms with Crippen LogP contribution in [0.3, 0.4) is 0 Å². The Bertz CT molecular complexity index is 1510. The van der Waals surface area contributed by atoms with Crippen molar-refractivity contribution in [3.05, 3.63) is 47.6 Å². The summed E-state index contributed by atoms with van der Waals surface area (Å²) >= 11 is 0. The van der Waals surface area contributed by atoms with Gasteiger partial charge in [-0.3, -0.25) is 19.2 Å². The summed E-state index contributed by atoms with van der Waals surface area (Å²) in [5.41, 5.74) is 1.29. The van der Waals surface area contributed by atoms with Crippen molar-refractivity contribution in [1.82, 2.24) is 4.90 Å². The standard InChI is InChI=1S/C44H67NO11/c1-26(2)36-25-35(46)29(5)23-31(7)39(48)40(54-10)38(47)30(6)22-27(3)16-12-11-13-17-28(4)37(53-9)24-33-20-19-32(8)44(52,56-33)41(49)42(50)45-21-15-14-18-34(45)43(51)55-36/h11-13,16-17,23,26-27,29-30,32-34,36-37,39-40,48,52H,14-15,18-22,24-25H2,1-10H3/b13-11+,16-12+,28-17-,31-23+. The molecule has 0 saturated carbocycles. The number of cyclic esters (lactones) is 1. The smallest absolute Gasteiger partial charge is 0.329 e. The third kappa shape index (κ3) is 12.1. The van der Waals surface area contributed by atoms with Gasteiger partial charge in [0.25, 0.3) is 11.7 Å². The number of piperidine rings is 1. The highest BCUT2D eigenvalue weighted by Gasteiger charge is 2.53. The molecule has 0 aromatic heterocycles. The summed E-state index contributed by atoms with van der Waals surface area (Å²) in [7, 11) is 2.95. The van der Waals surface area contributed by atoms with E-state index in [1.54, 1.807) is 34.0 Å². The van der Waals surface area contributed by atoms with E-state index in [-0.39, 0.29) is 42.8 Å². The van der Waals surface area contributed by atoms with Crippen LogP contribution in [0.15, 0.2) is 47.6 Å². The number of rotatable bonds is 3.